The molecule has 2 rings (SSSR count). The zero-order chi connectivity index (χ0) is 22.1. The predicted octanol–water partition coefficient (Wildman–Crippen LogP) is 2.05. The third-order valence-corrected chi connectivity index (χ3v) is 4.74. The summed E-state index contributed by atoms with van der Waals surface area (Å²) in [6.07, 6.45) is 1.33. The van der Waals surface area contributed by atoms with E-state index in [-0.39, 0.29) is 18.3 Å². The number of carbonyl (C=O) groups is 3. The van der Waals surface area contributed by atoms with Gasteiger partial charge in [0.15, 0.2) is 4.98 Å². The van der Waals surface area contributed by atoms with Crippen LogP contribution in [0.15, 0.2) is 42.3 Å². The second kappa shape index (κ2) is 10.8. The molecule has 1 aromatic carbocycles. The summed E-state index contributed by atoms with van der Waals surface area (Å²) in [6, 6.07) is 6.72. The summed E-state index contributed by atoms with van der Waals surface area (Å²) in [7, 11) is 0. The molecule has 3 N–H and O–H groups in total. The molecule has 0 saturated carbocycles. The number of carbonyl (C=O) groups excluding carboxylic acids is 3. The van der Waals surface area contributed by atoms with Crippen LogP contribution in [0, 0.1) is 5.39 Å². The van der Waals surface area contributed by atoms with Crippen molar-refractivity contribution in [1.82, 2.24) is 15.5 Å². The number of hydrogen-bond donors (Lipinski definition) is 3. The number of likely N-dealkylation sites (tertiary alicyclic amines) is 1. The molecule has 1 heterocycles. The second-order valence-corrected chi connectivity index (χ2v) is 7.02. The third-order valence-electron chi connectivity index (χ3n) is 4.74. The molecule has 10 nitrogen and oxygen atoms in total. The predicted molar refractivity (Wildman–Crippen MR) is 107 cm³/mol. The van der Waals surface area contributed by atoms with E-state index >= 15 is 0 Å². The molecule has 160 valence electrons. The number of amides is 3. The van der Waals surface area contributed by atoms with Gasteiger partial charge in [-0.05, 0) is 32.3 Å². The van der Waals surface area contributed by atoms with Crippen molar-refractivity contribution in [3.63, 3.8) is 0 Å². The lowest BCUT2D eigenvalue weighted by molar-refractivity contribution is -0.136. The van der Waals surface area contributed by atoms with Crippen molar-refractivity contribution in [2.24, 2.45) is 0 Å². The number of benzene rings is 1. The summed E-state index contributed by atoms with van der Waals surface area (Å²) in [6.45, 7) is 3.48. The van der Waals surface area contributed by atoms with Crippen molar-refractivity contribution in [1.29, 1.82) is 5.39 Å². The normalized spacial score (nSPS) is 18.1. The highest BCUT2D eigenvalue weighted by Crippen LogP contribution is 2.23. The molecule has 0 aromatic heterocycles. The van der Waals surface area contributed by atoms with Crippen molar-refractivity contribution in [2.45, 2.75) is 51.4 Å². The standard InChI is InChI=1S/C20H25N5O5/c1-13(24-20(29)30-12-15-7-4-3-5-8-15)18(27)23-14(2)19(28)25-10-6-9-16(25)17(26)11-22-21/h3-5,7-8,11,13-14,16H,6,9-10,12H2,1-2H3,(H2-,23,24,26,27,29)/p+1/b17-11-/t13-,14-,16-/m0/s1. The summed E-state index contributed by atoms with van der Waals surface area (Å²) in [4.78, 5) is 41.1. The Kier molecular flexibility index (Phi) is 8.17. The first kappa shape index (κ1) is 22.7. The lowest BCUT2D eigenvalue weighted by Gasteiger charge is -2.27. The summed E-state index contributed by atoms with van der Waals surface area (Å²) in [5.41, 5.74) is 0.815. The van der Waals surface area contributed by atoms with E-state index in [1.807, 2.05) is 30.3 Å². The third kappa shape index (κ3) is 6.20. The lowest BCUT2D eigenvalue weighted by atomic mass is 10.1. The largest absolute Gasteiger partial charge is 0.504 e. The lowest BCUT2D eigenvalue weighted by Crippen LogP contribution is -2.53. The van der Waals surface area contributed by atoms with Crippen LogP contribution in [0.5, 0.6) is 0 Å². The van der Waals surface area contributed by atoms with Crippen molar-refractivity contribution in [3.8, 4) is 0 Å². The van der Waals surface area contributed by atoms with E-state index < -0.39 is 30.1 Å². The van der Waals surface area contributed by atoms with Gasteiger partial charge in [0.05, 0.1) is 6.04 Å². The maximum atomic E-state index is 12.7. The Bertz CT molecular complexity index is 836. The number of diazo groups is 1. The molecule has 0 aliphatic carbocycles. The van der Waals surface area contributed by atoms with Gasteiger partial charge < -0.3 is 25.4 Å². The smallest absolute Gasteiger partial charge is 0.408 e. The Morgan fingerprint density at radius 3 is 2.63 bits per heavy atom. The van der Waals surface area contributed by atoms with Gasteiger partial charge in [0.1, 0.15) is 18.7 Å². The van der Waals surface area contributed by atoms with Crippen LogP contribution in [0.2, 0.25) is 0 Å². The highest BCUT2D eigenvalue weighted by atomic mass is 16.5. The minimum Gasteiger partial charge on any atom is -0.504 e. The molecular weight excluding hydrogens is 390 g/mol. The Morgan fingerprint density at radius 2 is 1.97 bits per heavy atom. The molecule has 0 spiro atoms. The van der Waals surface area contributed by atoms with Crippen molar-refractivity contribution < 1.29 is 24.2 Å². The van der Waals surface area contributed by atoms with Crippen molar-refractivity contribution >= 4 is 17.9 Å². The van der Waals surface area contributed by atoms with E-state index in [1.165, 1.54) is 18.7 Å². The molecule has 3 amide bonds. The molecule has 0 bridgehead atoms. The van der Waals surface area contributed by atoms with Gasteiger partial charge >= 0.3 is 12.3 Å². The van der Waals surface area contributed by atoms with Crippen molar-refractivity contribution in [3.05, 3.63) is 52.8 Å². The Balaban J connectivity index is 1.83. The minimum atomic E-state index is -0.917. The van der Waals surface area contributed by atoms with Gasteiger partial charge in [0.2, 0.25) is 23.0 Å². The first-order valence-corrected chi connectivity index (χ1v) is 9.64. The second-order valence-electron chi connectivity index (χ2n) is 7.02. The fourth-order valence-electron chi connectivity index (χ4n) is 3.14. The first-order chi connectivity index (χ1) is 14.3. The minimum absolute atomic E-state index is 0.0728. The van der Waals surface area contributed by atoms with Gasteiger partial charge in [-0.3, -0.25) is 9.59 Å². The van der Waals surface area contributed by atoms with Crippen LogP contribution in [0.3, 0.4) is 0 Å². The van der Waals surface area contributed by atoms with Crippen LogP contribution in [0.1, 0.15) is 32.3 Å². The number of aliphatic hydroxyl groups is 1. The summed E-state index contributed by atoms with van der Waals surface area (Å²) < 4.78 is 5.08. The van der Waals surface area contributed by atoms with Gasteiger partial charge in [0.25, 0.3) is 0 Å². The number of nitrogens with one attached hydrogen (secondary N) is 2. The van der Waals surface area contributed by atoms with Crippen LogP contribution >= 0.6 is 0 Å². The van der Waals surface area contributed by atoms with E-state index in [4.69, 9.17) is 10.1 Å². The van der Waals surface area contributed by atoms with Crippen LogP contribution in [0.4, 0.5) is 4.79 Å². The van der Waals surface area contributed by atoms with Gasteiger partial charge in [-0.15, -0.1) is 0 Å². The average Bonchev–Trinajstić information content (AvgIpc) is 3.22. The fourth-order valence-corrected chi connectivity index (χ4v) is 3.14. The molecule has 0 radical (unpaired) electrons. The SMILES string of the molecule is C[C@H](NC(=O)OCc1ccccc1)C(=O)N[C@@H](C)C(=O)N1CCC[C@H]1/C(O)=C/[N+]#N. The zero-order valence-electron chi connectivity index (χ0n) is 16.9. The van der Waals surface area contributed by atoms with E-state index in [9.17, 15) is 19.5 Å². The Labute approximate surface area is 174 Å². The van der Waals surface area contributed by atoms with Crippen LogP contribution in [0.25, 0.3) is 4.98 Å². The molecule has 10 heteroatoms. The quantitative estimate of drug-likeness (QED) is 0.460. The highest BCUT2D eigenvalue weighted by molar-refractivity contribution is 5.91. The van der Waals surface area contributed by atoms with Crippen LogP contribution in [-0.4, -0.2) is 52.6 Å². The number of alkyl carbamates (subject to hydrolysis) is 1. The molecule has 1 fully saturated rings. The average molecular weight is 416 g/mol. The molecule has 1 saturated heterocycles. The van der Waals surface area contributed by atoms with Crippen LogP contribution < -0.4 is 10.6 Å². The molecule has 1 aromatic rings. The van der Waals surface area contributed by atoms with E-state index in [1.54, 1.807) is 0 Å². The monoisotopic (exact) mass is 416 g/mol. The van der Waals surface area contributed by atoms with Gasteiger partial charge in [-0.1, -0.05) is 30.3 Å². The first-order valence-electron chi connectivity index (χ1n) is 9.64. The van der Waals surface area contributed by atoms with Gasteiger partial charge in [-0.25, -0.2) is 4.79 Å². The maximum Gasteiger partial charge on any atom is 0.408 e. The topological polar surface area (TPSA) is 136 Å². The molecule has 30 heavy (non-hydrogen) atoms. The van der Waals surface area contributed by atoms with Crippen molar-refractivity contribution in [2.75, 3.05) is 6.54 Å². The summed E-state index contributed by atoms with van der Waals surface area (Å²) in [5.74, 6) is -1.16. The number of aliphatic hydroxyl groups excluding tert-OH is 1. The zero-order valence-corrected chi connectivity index (χ0v) is 16.9. The number of nitrogens with zero attached hydrogens (tertiary/aromatic N) is 3. The van der Waals surface area contributed by atoms with E-state index in [0.717, 1.165) is 11.8 Å². The Morgan fingerprint density at radius 1 is 1.27 bits per heavy atom. The van der Waals surface area contributed by atoms with Gasteiger partial charge in [0, 0.05) is 6.54 Å². The van der Waals surface area contributed by atoms with E-state index in [0.29, 0.717) is 19.4 Å². The van der Waals surface area contributed by atoms with E-state index in [2.05, 4.69) is 15.6 Å². The molecule has 1 aliphatic heterocycles. The fraction of sp³-hybridized carbons (Fsp3) is 0.450. The van der Waals surface area contributed by atoms with Crippen LogP contribution in [-0.2, 0) is 20.9 Å². The summed E-state index contributed by atoms with van der Waals surface area (Å²) >= 11 is 0. The molecule has 0 unspecified atom stereocenters. The highest BCUT2D eigenvalue weighted by Gasteiger charge is 2.36. The molecule has 3 atom stereocenters. The van der Waals surface area contributed by atoms with Gasteiger partial charge in [-0.2, -0.15) is 0 Å². The number of ether oxygens (including phenoxy) is 1. The molecule has 1 aliphatic rings. The number of rotatable bonds is 7. The molecular formula is C20H26N5O5+. The summed E-state index contributed by atoms with van der Waals surface area (Å²) in [5, 5.41) is 23.5. The maximum absolute atomic E-state index is 12.7. The number of hydrogen-bond acceptors (Lipinski definition) is 6. The Hall–Kier alpha value is -3.61.